The van der Waals surface area contributed by atoms with Crippen molar-refractivity contribution in [3.8, 4) is 22.6 Å². The smallest absolute Gasteiger partial charge is 0.396 e. The monoisotopic (exact) mass is 452 g/mol. The molecule has 0 aliphatic carbocycles. The molecular weight excluding hydrogens is 440 g/mol. The number of aromatic nitrogens is 4. The van der Waals surface area contributed by atoms with Crippen LogP contribution in [-0.2, 0) is 6.42 Å². The van der Waals surface area contributed by atoms with Gasteiger partial charge in [0.05, 0.1) is 10.0 Å². The maximum Gasteiger partial charge on any atom is 0.396 e. The molecule has 0 spiro atoms. The number of pyridine rings is 2. The summed E-state index contributed by atoms with van der Waals surface area (Å²) in [5.74, 6) is 0.802. The lowest BCUT2D eigenvalue weighted by atomic mass is 10.1. The summed E-state index contributed by atoms with van der Waals surface area (Å²) in [6.07, 6.45) is -2.51. The molecule has 0 saturated carbocycles. The number of alkyl halides is 3. The van der Waals surface area contributed by atoms with Gasteiger partial charge in [0.25, 0.3) is 0 Å². The number of hydrogen-bond acceptors (Lipinski definition) is 4. The van der Waals surface area contributed by atoms with E-state index in [1.807, 2.05) is 6.92 Å². The molecule has 4 aromatic rings. The molecule has 0 aliphatic heterocycles. The average Bonchev–Trinajstić information content (AvgIpc) is 3.06. The predicted octanol–water partition coefficient (Wildman–Crippen LogP) is 6.30. The van der Waals surface area contributed by atoms with E-state index < -0.39 is 12.6 Å². The van der Waals surface area contributed by atoms with Gasteiger partial charge in [0, 0.05) is 29.7 Å². The van der Waals surface area contributed by atoms with Crippen LogP contribution in [0.3, 0.4) is 0 Å². The highest BCUT2D eigenvalue weighted by atomic mass is 35.5. The van der Waals surface area contributed by atoms with Gasteiger partial charge < -0.3 is 4.74 Å². The Bertz CT molecular complexity index is 1240. The fourth-order valence-electron chi connectivity index (χ4n) is 2.96. The second-order valence-electron chi connectivity index (χ2n) is 6.53. The second kappa shape index (κ2) is 7.77. The molecule has 30 heavy (non-hydrogen) atoms. The van der Waals surface area contributed by atoms with Gasteiger partial charge in [0.1, 0.15) is 23.7 Å². The van der Waals surface area contributed by atoms with Crippen LogP contribution < -0.4 is 4.74 Å². The van der Waals surface area contributed by atoms with Crippen molar-refractivity contribution in [2.24, 2.45) is 0 Å². The van der Waals surface area contributed by atoms with Crippen LogP contribution >= 0.6 is 23.2 Å². The minimum Gasteiger partial charge on any atom is -0.456 e. The highest BCUT2D eigenvalue weighted by Gasteiger charge is 2.31. The third-order valence-corrected chi connectivity index (χ3v) is 4.95. The topological polar surface area (TPSA) is 52.3 Å². The van der Waals surface area contributed by atoms with Crippen LogP contribution in [-0.4, -0.2) is 25.8 Å². The zero-order chi connectivity index (χ0) is 21.5. The highest BCUT2D eigenvalue weighted by molar-refractivity contribution is 6.36. The maximum absolute atomic E-state index is 12.7. The molecule has 3 aromatic heterocycles. The molecule has 0 fully saturated rings. The first-order valence-electron chi connectivity index (χ1n) is 8.70. The zero-order valence-electron chi connectivity index (χ0n) is 15.4. The lowest BCUT2D eigenvalue weighted by molar-refractivity contribution is -0.128. The maximum atomic E-state index is 12.7. The summed E-state index contributed by atoms with van der Waals surface area (Å²) in [5, 5.41) is 7.95. The van der Waals surface area contributed by atoms with Gasteiger partial charge >= 0.3 is 6.18 Å². The molecule has 0 bridgehead atoms. The van der Waals surface area contributed by atoms with Crippen molar-refractivity contribution in [2.45, 2.75) is 19.5 Å². The van der Waals surface area contributed by atoms with Crippen LogP contribution in [0.4, 0.5) is 13.2 Å². The minimum absolute atomic E-state index is 0.136. The average molecular weight is 453 g/mol. The Morgan fingerprint density at radius 3 is 2.57 bits per heavy atom. The first-order chi connectivity index (χ1) is 14.2. The molecule has 10 heteroatoms. The number of halogens is 5. The lowest BCUT2D eigenvalue weighted by Crippen LogP contribution is -2.14. The summed E-state index contributed by atoms with van der Waals surface area (Å²) in [6.45, 7) is 1.85. The molecule has 0 aliphatic rings. The van der Waals surface area contributed by atoms with Crippen LogP contribution in [0.1, 0.15) is 11.5 Å². The molecular formula is C20H13Cl2F3N4O. The summed E-state index contributed by atoms with van der Waals surface area (Å²) in [6, 6.07) is 10.2. The van der Waals surface area contributed by atoms with Gasteiger partial charge in [-0.1, -0.05) is 29.3 Å². The van der Waals surface area contributed by atoms with E-state index in [0.717, 1.165) is 5.69 Å². The van der Waals surface area contributed by atoms with Gasteiger partial charge in [-0.2, -0.15) is 13.2 Å². The van der Waals surface area contributed by atoms with Gasteiger partial charge in [-0.3, -0.25) is 9.38 Å². The van der Waals surface area contributed by atoms with Crippen molar-refractivity contribution < 1.29 is 17.9 Å². The van der Waals surface area contributed by atoms with Crippen molar-refractivity contribution in [2.75, 3.05) is 0 Å². The molecule has 5 nitrogen and oxygen atoms in total. The predicted molar refractivity (Wildman–Crippen MR) is 107 cm³/mol. The number of ether oxygens (including phenoxy) is 1. The highest BCUT2D eigenvalue weighted by Crippen LogP contribution is 2.37. The van der Waals surface area contributed by atoms with E-state index >= 15 is 0 Å². The first-order valence-corrected chi connectivity index (χ1v) is 9.46. The van der Waals surface area contributed by atoms with Crippen LogP contribution in [0.15, 0.2) is 48.8 Å². The fourth-order valence-corrected chi connectivity index (χ4v) is 3.48. The molecule has 3 heterocycles. The Hall–Kier alpha value is -2.84. The number of rotatable bonds is 4. The summed E-state index contributed by atoms with van der Waals surface area (Å²) >= 11 is 12.8. The number of fused-ring (bicyclic) bond motifs is 1. The molecule has 0 amide bonds. The molecule has 1 aromatic carbocycles. The van der Waals surface area contributed by atoms with E-state index in [2.05, 4.69) is 15.2 Å². The molecule has 0 N–H and O–H groups in total. The van der Waals surface area contributed by atoms with Gasteiger partial charge in [-0.05, 0) is 36.8 Å². The molecule has 154 valence electrons. The Morgan fingerprint density at radius 1 is 1.07 bits per heavy atom. The molecule has 0 unspecified atom stereocenters. The van der Waals surface area contributed by atoms with Crippen LogP contribution in [0.25, 0.3) is 16.8 Å². The van der Waals surface area contributed by atoms with E-state index in [0.29, 0.717) is 27.6 Å². The van der Waals surface area contributed by atoms with Crippen molar-refractivity contribution in [3.05, 3.63) is 70.4 Å². The summed E-state index contributed by atoms with van der Waals surface area (Å²) in [7, 11) is 0. The summed E-state index contributed by atoms with van der Waals surface area (Å²) in [5.41, 5.74) is 2.16. The molecule has 0 saturated heterocycles. The minimum atomic E-state index is -4.40. The quantitative estimate of drug-likeness (QED) is 0.364. The normalized spacial score (nSPS) is 11.8. The van der Waals surface area contributed by atoms with Crippen LogP contribution in [0, 0.1) is 6.92 Å². The van der Waals surface area contributed by atoms with Crippen molar-refractivity contribution in [1.82, 2.24) is 19.6 Å². The number of aryl methyl sites for hydroxylation is 1. The Kier molecular flexibility index (Phi) is 5.29. The fraction of sp³-hybridized carbons (Fsp3) is 0.150. The third-order valence-electron chi connectivity index (χ3n) is 4.29. The van der Waals surface area contributed by atoms with Gasteiger partial charge in [-0.15, -0.1) is 10.2 Å². The molecule has 0 radical (unpaired) electrons. The number of nitrogens with zero attached hydrogens (tertiary/aromatic N) is 4. The summed E-state index contributed by atoms with van der Waals surface area (Å²) < 4.78 is 45.1. The SMILES string of the molecule is Cc1cc(Oc2ccc(-c3ccn4c(CC(F)(F)F)nnc4c3Cl)cc2Cl)ccn1. The van der Waals surface area contributed by atoms with Crippen LogP contribution in [0.2, 0.25) is 10.0 Å². The van der Waals surface area contributed by atoms with Gasteiger partial charge in [0.15, 0.2) is 5.65 Å². The van der Waals surface area contributed by atoms with Crippen molar-refractivity contribution in [1.29, 1.82) is 0 Å². The first kappa shape index (κ1) is 20.4. The number of hydrogen-bond donors (Lipinski definition) is 0. The lowest BCUT2D eigenvalue weighted by Gasteiger charge is -2.11. The van der Waals surface area contributed by atoms with E-state index in [1.54, 1.807) is 42.6 Å². The van der Waals surface area contributed by atoms with Crippen molar-refractivity contribution in [3.63, 3.8) is 0 Å². The van der Waals surface area contributed by atoms with Gasteiger partial charge in [-0.25, -0.2) is 0 Å². The van der Waals surface area contributed by atoms with E-state index in [9.17, 15) is 13.2 Å². The van der Waals surface area contributed by atoms with E-state index in [4.69, 9.17) is 27.9 Å². The van der Waals surface area contributed by atoms with E-state index in [1.165, 1.54) is 10.6 Å². The van der Waals surface area contributed by atoms with Gasteiger partial charge in [0.2, 0.25) is 0 Å². The number of benzene rings is 1. The third kappa shape index (κ3) is 4.20. The second-order valence-corrected chi connectivity index (χ2v) is 7.31. The Labute approximate surface area is 179 Å². The Morgan fingerprint density at radius 2 is 1.87 bits per heavy atom. The van der Waals surface area contributed by atoms with Crippen molar-refractivity contribution >= 4 is 28.8 Å². The van der Waals surface area contributed by atoms with E-state index in [-0.39, 0.29) is 16.5 Å². The molecule has 0 atom stereocenters. The Balaban J connectivity index is 1.67. The molecule has 4 rings (SSSR count). The zero-order valence-corrected chi connectivity index (χ0v) is 16.9. The standard InChI is InChI=1S/C20H13Cl2F3N4O/c1-11-8-13(4-6-26-11)30-16-3-2-12(9-15(16)21)14-5-7-29-17(10-20(23,24)25)27-28-19(29)18(14)22/h2-9H,10H2,1H3. The summed E-state index contributed by atoms with van der Waals surface area (Å²) in [4.78, 5) is 4.11. The largest absolute Gasteiger partial charge is 0.456 e. The van der Waals surface area contributed by atoms with Crippen LogP contribution in [0.5, 0.6) is 11.5 Å².